The zero-order valence-corrected chi connectivity index (χ0v) is 18.4. The molecule has 2 heterocycles. The van der Waals surface area contributed by atoms with Crippen LogP contribution in [0.5, 0.6) is 0 Å². The van der Waals surface area contributed by atoms with Crippen molar-refractivity contribution in [3.05, 3.63) is 71.8 Å². The number of hydrogen-bond acceptors (Lipinski definition) is 2. The Morgan fingerprint density at radius 2 is 1.26 bits per heavy atom. The second kappa shape index (κ2) is 6.88. The van der Waals surface area contributed by atoms with Gasteiger partial charge in [0.15, 0.2) is 0 Å². The van der Waals surface area contributed by atoms with Crippen molar-refractivity contribution in [2.45, 2.75) is 68.4 Å². The summed E-state index contributed by atoms with van der Waals surface area (Å²) in [5.41, 5.74) is 4.19. The minimum atomic E-state index is -1.18. The Kier molecular flexibility index (Phi) is 4.82. The molecule has 0 bridgehead atoms. The monoisotopic (exact) mass is 378 g/mol. The van der Waals surface area contributed by atoms with Crippen LogP contribution in [0.2, 0.25) is 11.6 Å². The van der Waals surface area contributed by atoms with Crippen LogP contribution in [0.3, 0.4) is 0 Å². The first kappa shape index (κ1) is 18.9. The fraction of sp³-hybridized carbons (Fsp3) is 0.500. The Morgan fingerprint density at radius 1 is 0.778 bits per heavy atom. The molecule has 2 aromatic rings. The Morgan fingerprint density at radius 3 is 1.74 bits per heavy atom. The van der Waals surface area contributed by atoms with E-state index in [0.29, 0.717) is 0 Å². The first-order chi connectivity index (χ1) is 12.8. The summed E-state index contributed by atoms with van der Waals surface area (Å²) >= 11 is 0. The molecule has 1 unspecified atom stereocenters. The number of benzene rings is 2. The molecule has 2 nitrogen and oxygen atoms in total. The van der Waals surface area contributed by atoms with Gasteiger partial charge < -0.3 is 10.6 Å². The molecule has 0 aromatic heterocycles. The van der Waals surface area contributed by atoms with Gasteiger partial charge in [0.25, 0.3) is 0 Å². The SMILES string of the molecule is CC1(C)CC([SiH]2CCNC2(c2ccccc2)c2ccccc2)CC(C)(C)N1. The molecular weight excluding hydrogens is 344 g/mol. The quantitative estimate of drug-likeness (QED) is 0.762. The van der Waals surface area contributed by atoms with E-state index in [1.807, 2.05) is 0 Å². The second-order valence-electron chi connectivity index (χ2n) is 9.92. The standard InChI is InChI=1S/C24H34N2Si/c1-22(2)17-21(18-23(3,4)26-22)27-16-15-25-24(27,19-11-7-5-8-12-19)20-13-9-6-10-14-20/h5-14,21,25-27H,15-18H2,1-4H3. The Hall–Kier alpha value is -1.42. The van der Waals surface area contributed by atoms with Gasteiger partial charge in [-0.25, -0.2) is 0 Å². The van der Waals surface area contributed by atoms with Crippen LogP contribution in [0.1, 0.15) is 51.7 Å². The second-order valence-corrected chi connectivity index (χ2v) is 13.5. The van der Waals surface area contributed by atoms with Crippen LogP contribution in [0.15, 0.2) is 60.7 Å². The molecule has 0 radical (unpaired) electrons. The lowest BCUT2D eigenvalue weighted by Crippen LogP contribution is -2.61. The van der Waals surface area contributed by atoms with Gasteiger partial charge in [0.2, 0.25) is 0 Å². The molecule has 144 valence electrons. The van der Waals surface area contributed by atoms with Gasteiger partial charge in [-0.05, 0) is 69.8 Å². The highest BCUT2D eigenvalue weighted by Gasteiger charge is 2.52. The molecule has 2 N–H and O–H groups in total. The summed E-state index contributed by atoms with van der Waals surface area (Å²) in [4.78, 5) is 0. The fourth-order valence-electron chi connectivity index (χ4n) is 6.25. The van der Waals surface area contributed by atoms with Crippen LogP contribution >= 0.6 is 0 Å². The molecule has 2 aromatic carbocycles. The van der Waals surface area contributed by atoms with E-state index in [2.05, 4.69) is 99.0 Å². The van der Waals surface area contributed by atoms with Crippen molar-refractivity contribution in [3.8, 4) is 0 Å². The Labute approximate surface area is 166 Å². The van der Waals surface area contributed by atoms with Crippen LogP contribution in [-0.4, -0.2) is 26.4 Å². The van der Waals surface area contributed by atoms with E-state index in [9.17, 15) is 0 Å². The number of rotatable bonds is 3. The predicted octanol–water partition coefficient (Wildman–Crippen LogP) is 4.61. The maximum absolute atomic E-state index is 4.05. The third kappa shape index (κ3) is 3.53. The first-order valence-corrected chi connectivity index (χ1v) is 12.5. The van der Waals surface area contributed by atoms with Crippen molar-refractivity contribution in [2.24, 2.45) is 0 Å². The average Bonchev–Trinajstić information content (AvgIpc) is 3.07. The summed E-state index contributed by atoms with van der Waals surface area (Å²) in [7, 11) is -1.18. The lowest BCUT2D eigenvalue weighted by Gasteiger charge is -2.51. The van der Waals surface area contributed by atoms with Gasteiger partial charge in [-0.3, -0.25) is 0 Å². The van der Waals surface area contributed by atoms with E-state index in [-0.39, 0.29) is 16.2 Å². The molecule has 2 saturated heterocycles. The van der Waals surface area contributed by atoms with Gasteiger partial charge >= 0.3 is 0 Å². The van der Waals surface area contributed by atoms with Crippen molar-refractivity contribution >= 4 is 8.80 Å². The zero-order valence-electron chi connectivity index (χ0n) is 17.3. The molecule has 27 heavy (non-hydrogen) atoms. The van der Waals surface area contributed by atoms with Crippen LogP contribution in [-0.2, 0) is 5.16 Å². The van der Waals surface area contributed by atoms with Crippen LogP contribution in [0.25, 0.3) is 0 Å². The normalized spacial score (nSPS) is 26.7. The minimum absolute atomic E-state index is 0.0523. The summed E-state index contributed by atoms with van der Waals surface area (Å²) in [5, 5.41) is 7.99. The number of nitrogens with one attached hydrogen (secondary N) is 2. The topological polar surface area (TPSA) is 24.1 Å². The molecule has 0 saturated carbocycles. The summed E-state index contributed by atoms with van der Waals surface area (Å²) in [6, 6.07) is 23.9. The largest absolute Gasteiger partial charge is 0.307 e. The molecule has 0 spiro atoms. The third-order valence-electron chi connectivity index (χ3n) is 6.66. The number of hydrogen-bond donors (Lipinski definition) is 2. The molecule has 2 aliphatic rings. The van der Waals surface area contributed by atoms with Gasteiger partial charge in [-0.15, -0.1) is 0 Å². The summed E-state index contributed by atoms with van der Waals surface area (Å²) in [5.74, 6) is 0. The third-order valence-corrected chi connectivity index (χ3v) is 11.2. The molecule has 0 aliphatic carbocycles. The maximum atomic E-state index is 4.05. The van der Waals surface area contributed by atoms with E-state index in [0.717, 1.165) is 12.1 Å². The van der Waals surface area contributed by atoms with E-state index in [1.165, 1.54) is 30.0 Å². The highest BCUT2D eigenvalue weighted by molar-refractivity contribution is 6.65. The van der Waals surface area contributed by atoms with Gasteiger partial charge in [-0.2, -0.15) is 0 Å². The van der Waals surface area contributed by atoms with Crippen molar-refractivity contribution in [1.29, 1.82) is 0 Å². The van der Waals surface area contributed by atoms with Crippen molar-refractivity contribution in [1.82, 2.24) is 10.6 Å². The zero-order chi connectivity index (χ0) is 19.1. The molecule has 1 atom stereocenters. The van der Waals surface area contributed by atoms with E-state index in [1.54, 1.807) is 0 Å². The summed E-state index contributed by atoms with van der Waals surface area (Å²) in [6.45, 7) is 10.7. The summed E-state index contributed by atoms with van der Waals surface area (Å²) in [6.07, 6.45) is 2.58. The van der Waals surface area contributed by atoms with Crippen LogP contribution in [0.4, 0.5) is 0 Å². The maximum Gasteiger partial charge on any atom is 0.0765 e. The van der Waals surface area contributed by atoms with E-state index in [4.69, 9.17) is 0 Å². The highest BCUT2D eigenvalue weighted by Crippen LogP contribution is 2.48. The van der Waals surface area contributed by atoms with E-state index >= 15 is 0 Å². The molecule has 3 heteroatoms. The lowest BCUT2D eigenvalue weighted by atomic mass is 9.82. The van der Waals surface area contributed by atoms with Crippen LogP contribution in [0, 0.1) is 0 Å². The van der Waals surface area contributed by atoms with Crippen molar-refractivity contribution in [2.75, 3.05) is 6.54 Å². The van der Waals surface area contributed by atoms with Gasteiger partial charge in [-0.1, -0.05) is 60.7 Å². The summed E-state index contributed by atoms with van der Waals surface area (Å²) < 4.78 is 0. The minimum Gasteiger partial charge on any atom is -0.307 e. The van der Waals surface area contributed by atoms with Crippen LogP contribution < -0.4 is 10.6 Å². The molecule has 2 fully saturated rings. The number of piperidine rings is 1. The van der Waals surface area contributed by atoms with E-state index < -0.39 is 8.80 Å². The highest BCUT2D eigenvalue weighted by atomic mass is 28.3. The molecular formula is C24H34N2Si. The Balaban J connectivity index is 1.82. The first-order valence-electron chi connectivity index (χ1n) is 10.5. The van der Waals surface area contributed by atoms with Gasteiger partial charge in [0.05, 0.1) is 14.0 Å². The van der Waals surface area contributed by atoms with Gasteiger partial charge in [0, 0.05) is 11.1 Å². The van der Waals surface area contributed by atoms with Crippen molar-refractivity contribution in [3.63, 3.8) is 0 Å². The molecule has 4 rings (SSSR count). The molecule has 2 aliphatic heterocycles. The lowest BCUT2D eigenvalue weighted by molar-refractivity contribution is 0.180. The smallest absolute Gasteiger partial charge is 0.0765 e. The predicted molar refractivity (Wildman–Crippen MR) is 118 cm³/mol. The fourth-order valence-corrected chi connectivity index (χ4v) is 11.7. The van der Waals surface area contributed by atoms with Crippen molar-refractivity contribution < 1.29 is 0 Å². The molecule has 0 amide bonds. The van der Waals surface area contributed by atoms with Gasteiger partial charge in [0.1, 0.15) is 0 Å². The Bertz CT molecular complexity index is 714. The average molecular weight is 379 g/mol.